The van der Waals surface area contributed by atoms with E-state index in [-0.39, 0.29) is 28.2 Å². The molecule has 3 rings (SSSR count). The maximum Gasteiger partial charge on any atom is 0.304 e. The molecule has 0 spiro atoms. The Balaban J connectivity index is 2.35. The van der Waals surface area contributed by atoms with Crippen molar-refractivity contribution < 1.29 is 9.66 Å². The highest BCUT2D eigenvalue weighted by molar-refractivity contribution is 5.80. The fourth-order valence-corrected chi connectivity index (χ4v) is 2.21. The van der Waals surface area contributed by atoms with E-state index >= 15 is 0 Å². The van der Waals surface area contributed by atoms with Crippen molar-refractivity contribution in [3.8, 4) is 11.7 Å². The average Bonchev–Trinajstić information content (AvgIpc) is 2.54. The molecule has 7 nitrogen and oxygen atoms in total. The average molecular weight is 297 g/mol. The van der Waals surface area contributed by atoms with Gasteiger partial charge in [-0.05, 0) is 18.2 Å². The summed E-state index contributed by atoms with van der Waals surface area (Å²) in [6, 6.07) is 12.9. The number of para-hydroxylation sites is 1. The quantitative estimate of drug-likeness (QED) is 0.547. The molecule has 22 heavy (non-hydrogen) atoms. The topological polar surface area (TPSA) is 87.3 Å². The van der Waals surface area contributed by atoms with E-state index in [1.54, 1.807) is 24.3 Å². The van der Waals surface area contributed by atoms with Crippen LogP contribution in [-0.4, -0.2) is 21.6 Å². The van der Waals surface area contributed by atoms with Crippen LogP contribution >= 0.6 is 0 Å². The molecule has 7 heteroatoms. The highest BCUT2D eigenvalue weighted by Gasteiger charge is 2.15. The molecule has 0 saturated heterocycles. The monoisotopic (exact) mass is 297 g/mol. The van der Waals surface area contributed by atoms with Gasteiger partial charge in [-0.25, -0.2) is 4.57 Å². The smallest absolute Gasteiger partial charge is 0.304 e. The van der Waals surface area contributed by atoms with E-state index in [1.807, 2.05) is 6.07 Å². The summed E-state index contributed by atoms with van der Waals surface area (Å²) in [7, 11) is 1.39. The predicted molar refractivity (Wildman–Crippen MR) is 80.5 cm³/mol. The molecule has 0 bridgehead atoms. The Morgan fingerprint density at radius 2 is 1.91 bits per heavy atom. The molecule has 110 valence electrons. The van der Waals surface area contributed by atoms with E-state index in [1.165, 1.54) is 29.9 Å². The minimum absolute atomic E-state index is 0.0733. The maximum atomic E-state index is 12.7. The second-order valence-electron chi connectivity index (χ2n) is 4.53. The summed E-state index contributed by atoms with van der Waals surface area (Å²) >= 11 is 0. The Morgan fingerprint density at radius 3 is 2.55 bits per heavy atom. The Kier molecular flexibility index (Phi) is 3.30. The van der Waals surface area contributed by atoms with Crippen LogP contribution in [0, 0.1) is 10.1 Å². The van der Waals surface area contributed by atoms with E-state index in [4.69, 9.17) is 4.74 Å². The van der Waals surface area contributed by atoms with Gasteiger partial charge in [0.2, 0.25) is 0 Å². The number of hydrogen-bond acceptors (Lipinski definition) is 5. The van der Waals surface area contributed by atoms with Crippen LogP contribution in [0.3, 0.4) is 0 Å². The fraction of sp³-hybridized carbons (Fsp3) is 0.0667. The SMILES string of the molecule is COc1nc2cc([N+](=O)[O-])ccc2c(=O)n1-c1ccccc1. The van der Waals surface area contributed by atoms with Crippen LogP contribution in [0.5, 0.6) is 6.01 Å². The summed E-state index contributed by atoms with van der Waals surface area (Å²) in [6.07, 6.45) is 0. The molecule has 0 aliphatic heterocycles. The number of nitrogens with zero attached hydrogens (tertiary/aromatic N) is 3. The van der Waals surface area contributed by atoms with Gasteiger partial charge in [-0.2, -0.15) is 4.98 Å². The van der Waals surface area contributed by atoms with Crippen LogP contribution in [-0.2, 0) is 0 Å². The lowest BCUT2D eigenvalue weighted by atomic mass is 10.2. The zero-order chi connectivity index (χ0) is 15.7. The number of aromatic nitrogens is 2. The Labute approximate surface area is 124 Å². The molecule has 0 aliphatic rings. The highest BCUT2D eigenvalue weighted by atomic mass is 16.6. The first kappa shape index (κ1) is 13.7. The van der Waals surface area contributed by atoms with Crippen molar-refractivity contribution in [2.45, 2.75) is 0 Å². The van der Waals surface area contributed by atoms with Crippen LogP contribution < -0.4 is 10.3 Å². The molecule has 3 aromatic rings. The molecule has 0 amide bonds. The molecule has 0 atom stereocenters. The molecule has 0 saturated carbocycles. The summed E-state index contributed by atoms with van der Waals surface area (Å²) in [5.74, 6) is 0. The lowest BCUT2D eigenvalue weighted by Gasteiger charge is -2.11. The second-order valence-corrected chi connectivity index (χ2v) is 4.53. The number of ether oxygens (including phenoxy) is 1. The van der Waals surface area contributed by atoms with Crippen molar-refractivity contribution in [1.29, 1.82) is 0 Å². The number of fused-ring (bicyclic) bond motifs is 1. The van der Waals surface area contributed by atoms with E-state index in [0.29, 0.717) is 5.69 Å². The number of nitro groups is 1. The molecule has 0 fully saturated rings. The lowest BCUT2D eigenvalue weighted by Crippen LogP contribution is -2.21. The summed E-state index contributed by atoms with van der Waals surface area (Å²) in [4.78, 5) is 27.2. The molecular weight excluding hydrogens is 286 g/mol. The van der Waals surface area contributed by atoms with Gasteiger partial charge in [-0.15, -0.1) is 0 Å². The summed E-state index contributed by atoms with van der Waals surface area (Å²) in [5, 5.41) is 11.1. The van der Waals surface area contributed by atoms with Crippen LogP contribution in [0.25, 0.3) is 16.6 Å². The first-order valence-corrected chi connectivity index (χ1v) is 6.42. The number of non-ortho nitro benzene ring substituents is 1. The summed E-state index contributed by atoms with van der Waals surface area (Å²) < 4.78 is 6.50. The zero-order valence-electron chi connectivity index (χ0n) is 11.6. The van der Waals surface area contributed by atoms with E-state index < -0.39 is 4.92 Å². The first-order valence-electron chi connectivity index (χ1n) is 6.42. The van der Waals surface area contributed by atoms with Gasteiger partial charge in [-0.1, -0.05) is 18.2 Å². The van der Waals surface area contributed by atoms with Gasteiger partial charge in [0.15, 0.2) is 0 Å². The molecule has 1 aromatic heterocycles. The predicted octanol–water partition coefficient (Wildman–Crippen LogP) is 2.30. The van der Waals surface area contributed by atoms with Gasteiger partial charge in [-0.3, -0.25) is 14.9 Å². The lowest BCUT2D eigenvalue weighted by molar-refractivity contribution is -0.384. The maximum absolute atomic E-state index is 12.7. The third kappa shape index (κ3) is 2.18. The number of rotatable bonds is 3. The van der Waals surface area contributed by atoms with Crippen molar-refractivity contribution in [3.05, 3.63) is 69.0 Å². The number of benzene rings is 2. The number of hydrogen-bond donors (Lipinski definition) is 0. The van der Waals surface area contributed by atoms with Crippen molar-refractivity contribution >= 4 is 16.6 Å². The minimum atomic E-state index is -0.531. The molecule has 0 aliphatic carbocycles. The van der Waals surface area contributed by atoms with Gasteiger partial charge < -0.3 is 4.74 Å². The Hall–Kier alpha value is -3.22. The van der Waals surface area contributed by atoms with E-state index in [2.05, 4.69) is 4.98 Å². The molecule has 0 radical (unpaired) electrons. The summed E-state index contributed by atoms with van der Waals surface area (Å²) in [6.45, 7) is 0. The summed E-state index contributed by atoms with van der Waals surface area (Å²) in [5.41, 5.74) is 0.363. The highest BCUT2D eigenvalue weighted by Crippen LogP contribution is 2.21. The zero-order valence-corrected chi connectivity index (χ0v) is 11.6. The molecule has 1 heterocycles. The van der Waals surface area contributed by atoms with Crippen LogP contribution in [0.2, 0.25) is 0 Å². The molecule has 2 aromatic carbocycles. The largest absolute Gasteiger partial charge is 0.468 e. The number of methoxy groups -OCH3 is 1. The van der Waals surface area contributed by atoms with Gasteiger partial charge >= 0.3 is 6.01 Å². The van der Waals surface area contributed by atoms with Crippen molar-refractivity contribution in [1.82, 2.24) is 9.55 Å². The van der Waals surface area contributed by atoms with Gasteiger partial charge in [0.05, 0.1) is 28.6 Å². The van der Waals surface area contributed by atoms with E-state index in [9.17, 15) is 14.9 Å². The van der Waals surface area contributed by atoms with Gasteiger partial charge in [0.25, 0.3) is 11.2 Å². The molecule has 0 unspecified atom stereocenters. The fourth-order valence-electron chi connectivity index (χ4n) is 2.21. The Bertz CT molecular complexity index is 919. The third-order valence-electron chi connectivity index (χ3n) is 3.23. The normalized spacial score (nSPS) is 10.6. The minimum Gasteiger partial charge on any atom is -0.468 e. The molecule has 0 N–H and O–H groups in total. The van der Waals surface area contributed by atoms with Crippen LogP contribution in [0.15, 0.2) is 53.3 Å². The van der Waals surface area contributed by atoms with E-state index in [0.717, 1.165) is 0 Å². The first-order chi connectivity index (χ1) is 10.6. The van der Waals surface area contributed by atoms with Crippen molar-refractivity contribution in [3.63, 3.8) is 0 Å². The third-order valence-corrected chi connectivity index (χ3v) is 3.23. The van der Waals surface area contributed by atoms with Crippen molar-refractivity contribution in [2.75, 3.05) is 7.11 Å². The van der Waals surface area contributed by atoms with Gasteiger partial charge in [0.1, 0.15) is 0 Å². The van der Waals surface area contributed by atoms with Crippen LogP contribution in [0.4, 0.5) is 5.69 Å². The Morgan fingerprint density at radius 1 is 1.18 bits per heavy atom. The second kappa shape index (κ2) is 5.28. The van der Waals surface area contributed by atoms with Crippen molar-refractivity contribution in [2.24, 2.45) is 0 Å². The number of nitro benzene ring substituents is 1. The molecular formula is C15H11N3O4. The van der Waals surface area contributed by atoms with Crippen LogP contribution in [0.1, 0.15) is 0 Å². The van der Waals surface area contributed by atoms with Gasteiger partial charge in [0, 0.05) is 12.1 Å². The standard InChI is InChI=1S/C15H11N3O4/c1-22-15-16-13-9-11(18(20)21)7-8-12(13)14(19)17(15)10-5-3-2-4-6-10/h2-9H,1H3.